The third-order valence-electron chi connectivity index (χ3n) is 8.42. The molecule has 290 valence electrons. The molecule has 2 aromatic carbocycles. The summed E-state index contributed by atoms with van der Waals surface area (Å²) >= 11 is 1.05. The minimum Gasteiger partial charge on any atom is -0.477 e. The number of halogens is 4. The minimum atomic E-state index is -4.54. The molecular weight excluding hydrogens is 736 g/mol. The highest BCUT2D eigenvalue weighted by Crippen LogP contribution is 2.39. The third kappa shape index (κ3) is 11.7. The van der Waals surface area contributed by atoms with Crippen LogP contribution in [0.5, 0.6) is 5.75 Å². The summed E-state index contributed by atoms with van der Waals surface area (Å²) < 4.78 is 67.2. The number of piperidine rings is 1. The molecule has 1 aromatic heterocycles. The number of aliphatic hydroxyl groups excluding tert-OH is 2. The number of rotatable bonds is 16. The number of thiophene rings is 1. The van der Waals surface area contributed by atoms with Crippen LogP contribution in [-0.2, 0) is 20.7 Å². The first-order chi connectivity index (χ1) is 25.7. The van der Waals surface area contributed by atoms with E-state index in [9.17, 15) is 32.7 Å². The van der Waals surface area contributed by atoms with Crippen LogP contribution in [-0.4, -0.2) is 110 Å². The number of nitriles is 1. The molecule has 1 saturated heterocycles. The van der Waals surface area contributed by atoms with Gasteiger partial charge in [0.05, 0.1) is 59.8 Å². The van der Waals surface area contributed by atoms with Gasteiger partial charge in [0.15, 0.2) is 6.61 Å². The number of primary amides is 1. The molecule has 1 aliphatic rings. The molecule has 0 spiro atoms. The van der Waals surface area contributed by atoms with Gasteiger partial charge in [-0.25, -0.2) is 9.18 Å². The van der Waals surface area contributed by atoms with Crippen LogP contribution in [0.25, 0.3) is 10.1 Å². The van der Waals surface area contributed by atoms with Gasteiger partial charge in [0.25, 0.3) is 5.91 Å². The molecular formula is C36H40F4N6O7S. The molecule has 7 N–H and O–H groups in total. The number of nitrogens with zero attached hydrogens (tertiary/aromatic N) is 2. The van der Waals surface area contributed by atoms with Crippen molar-refractivity contribution in [3.63, 3.8) is 0 Å². The van der Waals surface area contributed by atoms with E-state index in [-0.39, 0.29) is 60.8 Å². The van der Waals surface area contributed by atoms with Gasteiger partial charge in [0, 0.05) is 31.6 Å². The second-order valence-electron chi connectivity index (χ2n) is 12.4. The van der Waals surface area contributed by atoms with E-state index in [4.69, 9.17) is 25.6 Å². The van der Waals surface area contributed by atoms with Crippen LogP contribution in [0.2, 0.25) is 0 Å². The van der Waals surface area contributed by atoms with Crippen LogP contribution in [0.15, 0.2) is 36.4 Å². The van der Waals surface area contributed by atoms with Gasteiger partial charge in [-0.15, -0.1) is 11.3 Å². The molecule has 54 heavy (non-hydrogen) atoms. The predicted octanol–water partition coefficient (Wildman–Crippen LogP) is 3.09. The Kier molecular flexibility index (Phi) is 14.8. The van der Waals surface area contributed by atoms with Crippen molar-refractivity contribution < 1.29 is 51.6 Å². The Morgan fingerprint density at radius 3 is 2.65 bits per heavy atom. The van der Waals surface area contributed by atoms with Crippen molar-refractivity contribution in [2.24, 2.45) is 5.73 Å². The number of carbonyl (C=O) groups is 3. The molecule has 1 fully saturated rings. The SMILES string of the molecule is COC(=O)C(CCC(N)=O)NC(=O)c1ccc(NCC#Cc2sc3c(NC4CCN(CC(O)CO)CC4F)cccc3c2CC(F)(F)F)c(OCC#N)c1. The molecule has 2 heterocycles. The summed E-state index contributed by atoms with van der Waals surface area (Å²) in [6.07, 6.45) is -8.01. The summed E-state index contributed by atoms with van der Waals surface area (Å²) in [5.74, 6) is 3.58. The Labute approximate surface area is 312 Å². The normalized spacial score (nSPS) is 17.0. The molecule has 18 heteroatoms. The number of methoxy groups -OCH3 is 1. The molecule has 0 bridgehead atoms. The smallest absolute Gasteiger partial charge is 0.393 e. The topological polar surface area (TPSA) is 199 Å². The van der Waals surface area contributed by atoms with E-state index < -0.39 is 61.3 Å². The molecule has 13 nitrogen and oxygen atoms in total. The van der Waals surface area contributed by atoms with Crippen molar-refractivity contribution in [1.29, 1.82) is 5.26 Å². The lowest BCUT2D eigenvalue weighted by Gasteiger charge is -2.36. The zero-order valence-electron chi connectivity index (χ0n) is 29.2. The number of esters is 1. The Morgan fingerprint density at radius 1 is 1.20 bits per heavy atom. The van der Waals surface area contributed by atoms with E-state index in [2.05, 4.69) is 27.8 Å². The van der Waals surface area contributed by atoms with Crippen molar-refractivity contribution in [2.75, 3.05) is 57.1 Å². The molecule has 0 aliphatic carbocycles. The molecule has 0 saturated carbocycles. The number of anilines is 2. The summed E-state index contributed by atoms with van der Waals surface area (Å²) in [7, 11) is 1.12. The monoisotopic (exact) mass is 776 g/mol. The zero-order valence-corrected chi connectivity index (χ0v) is 30.0. The number of benzene rings is 2. The average Bonchev–Trinajstić information content (AvgIpc) is 3.47. The van der Waals surface area contributed by atoms with Gasteiger partial charge in [-0.1, -0.05) is 24.0 Å². The van der Waals surface area contributed by atoms with E-state index >= 15 is 4.39 Å². The Hall–Kier alpha value is -5.14. The Morgan fingerprint density at radius 2 is 1.98 bits per heavy atom. The van der Waals surface area contributed by atoms with Crippen molar-refractivity contribution in [3.05, 3.63) is 52.4 Å². The molecule has 4 atom stereocenters. The van der Waals surface area contributed by atoms with Gasteiger partial charge >= 0.3 is 12.1 Å². The quantitative estimate of drug-likeness (QED) is 0.0710. The number of nitrogens with one attached hydrogen (secondary N) is 3. The van der Waals surface area contributed by atoms with Crippen LogP contribution in [0, 0.1) is 23.2 Å². The maximum Gasteiger partial charge on any atom is 0.393 e. The fourth-order valence-electron chi connectivity index (χ4n) is 5.84. The zero-order chi connectivity index (χ0) is 39.4. The van der Waals surface area contributed by atoms with Crippen LogP contribution in [0.4, 0.5) is 28.9 Å². The highest BCUT2D eigenvalue weighted by atomic mass is 32.1. The molecule has 4 rings (SSSR count). The number of fused-ring (bicyclic) bond motifs is 1. The van der Waals surface area contributed by atoms with E-state index in [1.165, 1.54) is 18.2 Å². The average molecular weight is 777 g/mol. The summed E-state index contributed by atoms with van der Waals surface area (Å²) in [5, 5.41) is 36.9. The standard InChI is InChI=1S/C36H40F4N6O7S/c1-52-35(51)29(9-10-32(42)49)45-34(50)21-7-8-27(30(16-21)53-15-12-41)43-13-3-6-31-24(17-36(38,39)40)23-4-2-5-28(33(23)54-31)44-26-11-14-46(19-25(26)37)18-22(48)20-47/h2,4-5,7-8,16,22,25-26,29,43-44,47-48H,9-11,13-15,17-20H2,1H3,(H2,42,49)(H,45,50). The first-order valence-electron chi connectivity index (χ1n) is 16.8. The summed E-state index contributed by atoms with van der Waals surface area (Å²) in [6.45, 7) is -0.311. The first-order valence-corrected chi connectivity index (χ1v) is 17.6. The predicted molar refractivity (Wildman–Crippen MR) is 193 cm³/mol. The fourth-order valence-corrected chi connectivity index (χ4v) is 7.01. The van der Waals surface area contributed by atoms with Gasteiger partial charge in [-0.3, -0.25) is 14.5 Å². The number of nitrogens with two attached hydrogens (primary N) is 1. The van der Waals surface area contributed by atoms with Gasteiger partial charge < -0.3 is 41.4 Å². The number of alkyl halides is 4. The minimum absolute atomic E-state index is 0.0160. The van der Waals surface area contributed by atoms with Gasteiger partial charge in [0.2, 0.25) is 5.91 Å². The summed E-state index contributed by atoms with van der Waals surface area (Å²) in [6, 6.07) is 9.05. The van der Waals surface area contributed by atoms with Crippen LogP contribution in [0.1, 0.15) is 40.1 Å². The van der Waals surface area contributed by atoms with Crippen molar-refractivity contribution in [2.45, 2.75) is 56.2 Å². The number of ether oxygens (including phenoxy) is 2. The Bertz CT molecular complexity index is 1910. The van der Waals surface area contributed by atoms with Crippen molar-refractivity contribution in [1.82, 2.24) is 10.2 Å². The molecule has 4 unspecified atom stereocenters. The lowest BCUT2D eigenvalue weighted by molar-refractivity contribution is -0.143. The molecule has 0 radical (unpaired) electrons. The van der Waals surface area contributed by atoms with Crippen LogP contribution >= 0.6 is 11.3 Å². The molecule has 3 aromatic rings. The second-order valence-corrected chi connectivity index (χ2v) is 13.4. The van der Waals surface area contributed by atoms with Crippen molar-refractivity contribution in [3.8, 4) is 23.7 Å². The van der Waals surface area contributed by atoms with E-state index in [1.54, 1.807) is 23.1 Å². The fraction of sp³-hybridized carbons (Fsp3) is 0.444. The lowest BCUT2D eigenvalue weighted by Crippen LogP contribution is -2.50. The van der Waals surface area contributed by atoms with Gasteiger partial charge in [0.1, 0.15) is 24.0 Å². The number of amides is 2. The van der Waals surface area contributed by atoms with Crippen molar-refractivity contribution >= 4 is 50.6 Å². The number of likely N-dealkylation sites (tertiary alicyclic amines) is 1. The maximum absolute atomic E-state index is 15.2. The molecule has 2 amide bonds. The van der Waals surface area contributed by atoms with E-state index in [0.717, 1.165) is 18.4 Å². The largest absolute Gasteiger partial charge is 0.477 e. The second kappa shape index (κ2) is 19.3. The number of carbonyl (C=O) groups excluding carboxylic acids is 3. The highest BCUT2D eigenvalue weighted by molar-refractivity contribution is 7.20. The van der Waals surface area contributed by atoms with Gasteiger partial charge in [-0.05, 0) is 48.1 Å². The lowest BCUT2D eigenvalue weighted by atomic mass is 10.0. The summed E-state index contributed by atoms with van der Waals surface area (Å²) in [4.78, 5) is 38.2. The number of hydrogen-bond acceptors (Lipinski definition) is 12. The van der Waals surface area contributed by atoms with Gasteiger partial charge in [-0.2, -0.15) is 18.4 Å². The van der Waals surface area contributed by atoms with Crippen LogP contribution < -0.4 is 26.4 Å². The maximum atomic E-state index is 15.2. The number of β-amino-alcohol motifs (C(OH)–C–C–N with tert-alkyl or cyclic N) is 1. The number of hydrogen-bond donors (Lipinski definition) is 6. The molecule has 1 aliphatic heterocycles. The third-order valence-corrected chi connectivity index (χ3v) is 9.61. The van der Waals surface area contributed by atoms with E-state index in [1.807, 2.05) is 6.07 Å². The number of aliphatic hydroxyl groups is 2. The van der Waals surface area contributed by atoms with E-state index in [0.29, 0.717) is 34.4 Å². The summed E-state index contributed by atoms with van der Waals surface area (Å²) in [5.41, 5.74) is 5.97. The highest BCUT2D eigenvalue weighted by Gasteiger charge is 2.33. The first kappa shape index (κ1) is 41.6. The van der Waals surface area contributed by atoms with Crippen LogP contribution in [0.3, 0.4) is 0 Å². The Balaban J connectivity index is 1.53.